The van der Waals surface area contributed by atoms with Gasteiger partial charge in [0.25, 0.3) is 5.56 Å². The summed E-state index contributed by atoms with van der Waals surface area (Å²) in [5.74, 6) is 2.16. The molecular formula is C20H26N6O2. The predicted octanol–water partition coefficient (Wildman–Crippen LogP) is 2.59. The number of H-pyrrole nitrogens is 1. The van der Waals surface area contributed by atoms with E-state index in [1.807, 2.05) is 26.0 Å². The van der Waals surface area contributed by atoms with Crippen LogP contribution in [0.3, 0.4) is 0 Å². The molecule has 1 saturated carbocycles. The van der Waals surface area contributed by atoms with Gasteiger partial charge in [0.1, 0.15) is 17.2 Å². The first kappa shape index (κ1) is 18.5. The summed E-state index contributed by atoms with van der Waals surface area (Å²) in [6.45, 7) is 5.82. The van der Waals surface area contributed by atoms with Crippen LogP contribution in [0.5, 0.6) is 0 Å². The van der Waals surface area contributed by atoms with Gasteiger partial charge in [-0.1, -0.05) is 13.8 Å². The highest BCUT2D eigenvalue weighted by Crippen LogP contribution is 2.28. The molecule has 3 heterocycles. The number of nitrogens with one attached hydrogen (secondary N) is 2. The number of nitrogens with zero attached hydrogens (tertiary/aromatic N) is 4. The van der Waals surface area contributed by atoms with E-state index in [1.54, 1.807) is 10.8 Å². The van der Waals surface area contributed by atoms with E-state index >= 15 is 0 Å². The van der Waals surface area contributed by atoms with Crippen molar-refractivity contribution in [1.82, 2.24) is 24.1 Å². The summed E-state index contributed by atoms with van der Waals surface area (Å²) in [5.41, 5.74) is 0.952. The maximum atomic E-state index is 12.8. The van der Waals surface area contributed by atoms with E-state index in [1.165, 1.54) is 17.4 Å². The minimum Gasteiger partial charge on any atom is -0.370 e. The molecule has 3 aromatic heterocycles. The van der Waals surface area contributed by atoms with Crippen molar-refractivity contribution in [2.45, 2.75) is 52.6 Å². The average Bonchev–Trinajstić information content (AvgIpc) is 3.43. The second-order valence-corrected chi connectivity index (χ2v) is 7.43. The number of hydrogen-bond donors (Lipinski definition) is 2. The van der Waals surface area contributed by atoms with Crippen LogP contribution in [0.4, 0.5) is 5.82 Å². The summed E-state index contributed by atoms with van der Waals surface area (Å²) in [6, 6.07) is 3.84. The van der Waals surface area contributed by atoms with Crippen molar-refractivity contribution in [2.24, 2.45) is 5.92 Å². The van der Waals surface area contributed by atoms with Gasteiger partial charge >= 0.3 is 5.69 Å². The largest absolute Gasteiger partial charge is 0.370 e. The van der Waals surface area contributed by atoms with E-state index in [4.69, 9.17) is 0 Å². The van der Waals surface area contributed by atoms with Gasteiger partial charge in [-0.2, -0.15) is 0 Å². The van der Waals surface area contributed by atoms with E-state index in [-0.39, 0.29) is 11.2 Å². The lowest BCUT2D eigenvalue weighted by Gasteiger charge is -2.09. The molecule has 0 aromatic carbocycles. The van der Waals surface area contributed by atoms with Crippen molar-refractivity contribution in [3.8, 4) is 11.4 Å². The number of aryl methyl sites for hydroxylation is 1. The Kier molecular flexibility index (Phi) is 5.02. The Labute approximate surface area is 162 Å². The molecule has 0 radical (unpaired) electrons. The van der Waals surface area contributed by atoms with Gasteiger partial charge in [0.2, 0.25) is 0 Å². The molecule has 1 fully saturated rings. The number of anilines is 1. The van der Waals surface area contributed by atoms with Crippen molar-refractivity contribution in [2.75, 3.05) is 11.9 Å². The highest BCUT2D eigenvalue weighted by atomic mass is 16.2. The summed E-state index contributed by atoms with van der Waals surface area (Å²) >= 11 is 0. The number of aromatic nitrogens is 5. The summed E-state index contributed by atoms with van der Waals surface area (Å²) in [5, 5.41) is 3.34. The van der Waals surface area contributed by atoms with E-state index in [0.717, 1.165) is 30.3 Å². The number of pyridine rings is 1. The fraction of sp³-hybridized carbons (Fsp3) is 0.500. The Morgan fingerprint density at radius 1 is 1.14 bits per heavy atom. The maximum Gasteiger partial charge on any atom is 0.332 e. The summed E-state index contributed by atoms with van der Waals surface area (Å²) < 4.78 is 2.88. The number of rotatable bonds is 8. The molecule has 0 atom stereocenters. The van der Waals surface area contributed by atoms with E-state index in [0.29, 0.717) is 36.5 Å². The van der Waals surface area contributed by atoms with Crippen LogP contribution in [0, 0.1) is 5.92 Å². The Hall–Kier alpha value is -2.90. The van der Waals surface area contributed by atoms with Gasteiger partial charge < -0.3 is 10.3 Å². The van der Waals surface area contributed by atoms with E-state index in [2.05, 4.69) is 20.3 Å². The van der Waals surface area contributed by atoms with Crippen LogP contribution in [0.15, 0.2) is 27.9 Å². The molecular weight excluding hydrogens is 356 g/mol. The first-order chi connectivity index (χ1) is 13.6. The number of hydrogen-bond acceptors (Lipinski definition) is 5. The third kappa shape index (κ3) is 3.46. The van der Waals surface area contributed by atoms with E-state index in [9.17, 15) is 9.59 Å². The first-order valence-corrected chi connectivity index (χ1v) is 10.1. The van der Waals surface area contributed by atoms with Crippen molar-refractivity contribution in [3.63, 3.8) is 0 Å². The van der Waals surface area contributed by atoms with Crippen molar-refractivity contribution < 1.29 is 0 Å². The van der Waals surface area contributed by atoms with Gasteiger partial charge in [-0.15, -0.1) is 0 Å². The molecule has 2 N–H and O–H groups in total. The molecule has 1 aliphatic carbocycles. The zero-order valence-electron chi connectivity index (χ0n) is 16.4. The van der Waals surface area contributed by atoms with Crippen LogP contribution >= 0.6 is 0 Å². The van der Waals surface area contributed by atoms with Gasteiger partial charge in [-0.3, -0.25) is 13.9 Å². The average molecular weight is 382 g/mol. The SMILES string of the molecule is CCCn1c(=O)c2[nH]c(-c3ccc(NCC4CC4)nc3)nc2n(CCC)c1=O. The minimum absolute atomic E-state index is 0.294. The highest BCUT2D eigenvalue weighted by molar-refractivity contribution is 5.75. The second-order valence-electron chi connectivity index (χ2n) is 7.43. The van der Waals surface area contributed by atoms with Crippen LogP contribution in [-0.2, 0) is 13.1 Å². The Morgan fingerprint density at radius 3 is 2.54 bits per heavy atom. The molecule has 0 unspecified atom stereocenters. The molecule has 0 saturated heterocycles. The van der Waals surface area contributed by atoms with Crippen LogP contribution in [0.1, 0.15) is 39.5 Å². The molecule has 3 aromatic rings. The number of fused-ring (bicyclic) bond motifs is 1. The quantitative estimate of drug-likeness (QED) is 0.624. The van der Waals surface area contributed by atoms with Crippen LogP contribution in [0.25, 0.3) is 22.6 Å². The summed E-state index contributed by atoms with van der Waals surface area (Å²) in [6.07, 6.45) is 5.81. The monoisotopic (exact) mass is 382 g/mol. The predicted molar refractivity (Wildman–Crippen MR) is 110 cm³/mol. The second kappa shape index (κ2) is 7.61. The van der Waals surface area contributed by atoms with Crippen molar-refractivity contribution in [3.05, 3.63) is 39.2 Å². The Bertz CT molecular complexity index is 1090. The maximum absolute atomic E-state index is 12.8. The molecule has 0 spiro atoms. The highest BCUT2D eigenvalue weighted by Gasteiger charge is 2.21. The third-order valence-corrected chi connectivity index (χ3v) is 5.06. The van der Waals surface area contributed by atoms with Crippen LogP contribution < -0.4 is 16.6 Å². The first-order valence-electron chi connectivity index (χ1n) is 10.1. The zero-order valence-corrected chi connectivity index (χ0v) is 16.4. The Morgan fingerprint density at radius 2 is 1.89 bits per heavy atom. The number of aromatic amines is 1. The van der Waals surface area contributed by atoms with Gasteiger partial charge in [0.05, 0.1) is 0 Å². The van der Waals surface area contributed by atoms with Crippen molar-refractivity contribution in [1.29, 1.82) is 0 Å². The topological polar surface area (TPSA) is 97.6 Å². The summed E-state index contributed by atoms with van der Waals surface area (Å²) in [7, 11) is 0. The van der Waals surface area contributed by atoms with Gasteiger partial charge in [0, 0.05) is 31.4 Å². The fourth-order valence-electron chi connectivity index (χ4n) is 3.36. The molecule has 8 nitrogen and oxygen atoms in total. The number of imidazole rings is 1. The molecule has 148 valence electrons. The standard InChI is InChI=1S/C20H26N6O2/c1-3-9-25-18-16(19(27)26(10-4-2)20(25)28)23-17(24-18)14-7-8-15(22-12-14)21-11-13-5-6-13/h7-8,12-13H,3-6,9-11H2,1-2H3,(H,21,22)(H,23,24). The zero-order chi connectivity index (χ0) is 19.7. The van der Waals surface area contributed by atoms with Crippen LogP contribution in [0.2, 0.25) is 0 Å². The third-order valence-electron chi connectivity index (χ3n) is 5.06. The molecule has 0 bridgehead atoms. The molecule has 1 aliphatic rings. The molecule has 0 aliphatic heterocycles. The lowest BCUT2D eigenvalue weighted by Crippen LogP contribution is -2.40. The Balaban J connectivity index is 1.73. The molecule has 4 rings (SSSR count). The lowest BCUT2D eigenvalue weighted by molar-refractivity contribution is 0.555. The lowest BCUT2D eigenvalue weighted by atomic mass is 10.2. The minimum atomic E-state index is -0.316. The van der Waals surface area contributed by atoms with Gasteiger partial charge in [-0.05, 0) is 43.7 Å². The van der Waals surface area contributed by atoms with E-state index < -0.39 is 0 Å². The molecule has 0 amide bonds. The normalized spacial score (nSPS) is 13.9. The molecule has 28 heavy (non-hydrogen) atoms. The van der Waals surface area contributed by atoms with Crippen LogP contribution in [-0.4, -0.2) is 30.6 Å². The molecule has 8 heteroatoms. The van der Waals surface area contributed by atoms with Gasteiger partial charge in [0.15, 0.2) is 5.65 Å². The fourth-order valence-corrected chi connectivity index (χ4v) is 3.36. The van der Waals surface area contributed by atoms with Gasteiger partial charge in [-0.25, -0.2) is 14.8 Å². The van der Waals surface area contributed by atoms with Crippen molar-refractivity contribution >= 4 is 17.0 Å². The summed E-state index contributed by atoms with van der Waals surface area (Å²) in [4.78, 5) is 37.7. The smallest absolute Gasteiger partial charge is 0.332 e.